The number of pyridine rings is 2. The van der Waals surface area contributed by atoms with Crippen LogP contribution >= 0.6 is 11.6 Å². The Kier molecular flexibility index (Phi) is 7.26. The van der Waals surface area contributed by atoms with Crippen LogP contribution in [0.2, 0.25) is 5.02 Å². The van der Waals surface area contributed by atoms with E-state index in [0.29, 0.717) is 23.2 Å². The second-order valence-corrected chi connectivity index (χ2v) is 11.4. The molecule has 3 heterocycles. The maximum Gasteiger partial charge on any atom is 0.264 e. The third kappa shape index (κ3) is 5.52. The molecule has 0 aliphatic heterocycles. The number of nitrogens with zero attached hydrogens (tertiary/aromatic N) is 4. The summed E-state index contributed by atoms with van der Waals surface area (Å²) in [6.45, 7) is 3.92. The van der Waals surface area contributed by atoms with Crippen LogP contribution in [-0.4, -0.2) is 34.4 Å². The van der Waals surface area contributed by atoms with Gasteiger partial charge in [-0.25, -0.2) is 28.4 Å². The van der Waals surface area contributed by atoms with E-state index in [1.807, 2.05) is 19.1 Å². The molecule has 4 aromatic rings. The van der Waals surface area contributed by atoms with Crippen LogP contribution in [0.15, 0.2) is 53.6 Å². The van der Waals surface area contributed by atoms with Crippen LogP contribution in [0.3, 0.4) is 0 Å². The van der Waals surface area contributed by atoms with Crippen LogP contribution in [-0.2, 0) is 16.4 Å². The summed E-state index contributed by atoms with van der Waals surface area (Å²) < 4.78 is 28.1. The molecule has 0 atom stereocenters. The third-order valence-corrected chi connectivity index (χ3v) is 8.53. The molecule has 5 rings (SSSR count). The van der Waals surface area contributed by atoms with Gasteiger partial charge in [-0.05, 0) is 62.1 Å². The van der Waals surface area contributed by atoms with E-state index >= 15 is 0 Å². The van der Waals surface area contributed by atoms with Gasteiger partial charge in [0, 0.05) is 17.3 Å². The van der Waals surface area contributed by atoms with Gasteiger partial charge in [-0.1, -0.05) is 49.9 Å². The first-order valence-corrected chi connectivity index (χ1v) is 14.4. The van der Waals surface area contributed by atoms with Gasteiger partial charge < -0.3 is 5.32 Å². The summed E-state index contributed by atoms with van der Waals surface area (Å²) in [5.74, 6) is 0.857. The first-order chi connectivity index (χ1) is 17.8. The summed E-state index contributed by atoms with van der Waals surface area (Å²) in [6, 6.07) is 12.2. The van der Waals surface area contributed by atoms with Crippen LogP contribution < -0.4 is 10.0 Å². The van der Waals surface area contributed by atoms with E-state index in [1.165, 1.54) is 31.4 Å². The zero-order valence-electron chi connectivity index (χ0n) is 20.8. The minimum absolute atomic E-state index is 0.00123. The number of hydrogen-bond acceptors (Lipinski definition) is 7. The Hall–Kier alpha value is -3.30. The summed E-state index contributed by atoms with van der Waals surface area (Å²) in [7, 11) is -3.88. The predicted molar refractivity (Wildman–Crippen MR) is 147 cm³/mol. The second kappa shape index (κ2) is 10.6. The number of aryl methyl sites for hydroxylation is 2. The first kappa shape index (κ1) is 25.4. The van der Waals surface area contributed by atoms with Gasteiger partial charge in [0.25, 0.3) is 10.0 Å². The molecule has 2 N–H and O–H groups in total. The molecule has 1 saturated carbocycles. The number of hydrogen-bond donors (Lipinski definition) is 2. The average molecular weight is 537 g/mol. The van der Waals surface area contributed by atoms with E-state index in [2.05, 4.69) is 26.9 Å². The lowest BCUT2D eigenvalue weighted by Gasteiger charge is -2.22. The Labute approximate surface area is 222 Å². The van der Waals surface area contributed by atoms with Crippen molar-refractivity contribution in [3.8, 4) is 11.3 Å². The molecule has 1 fully saturated rings. The van der Waals surface area contributed by atoms with Crippen LogP contribution in [0, 0.1) is 6.92 Å². The number of halogens is 1. The molecule has 3 aromatic heterocycles. The highest BCUT2D eigenvalue weighted by Gasteiger charge is 2.20. The molecule has 0 saturated heterocycles. The largest absolute Gasteiger partial charge is 0.351 e. The fraction of sp³-hybridized carbons (Fsp3) is 0.333. The molecule has 0 amide bonds. The van der Waals surface area contributed by atoms with Crippen molar-refractivity contribution in [2.75, 3.05) is 10.0 Å². The molecule has 0 bridgehead atoms. The van der Waals surface area contributed by atoms with E-state index in [4.69, 9.17) is 21.6 Å². The van der Waals surface area contributed by atoms with Crippen LogP contribution in [0.25, 0.3) is 22.3 Å². The maximum absolute atomic E-state index is 12.8. The van der Waals surface area contributed by atoms with Gasteiger partial charge in [0.2, 0.25) is 5.95 Å². The van der Waals surface area contributed by atoms with Crippen molar-refractivity contribution in [3.63, 3.8) is 0 Å². The minimum Gasteiger partial charge on any atom is -0.351 e. The zero-order chi connectivity index (χ0) is 26.0. The molecule has 1 aliphatic rings. The maximum atomic E-state index is 12.8. The SMILES string of the molecule is CCc1cc(-c2ccc(NS(=O)(=O)c3ccccc3Cl)nc2C)nc2cnc(NC3CCCCC3)nc12. The summed E-state index contributed by atoms with van der Waals surface area (Å²) in [5.41, 5.74) is 4.82. The number of nitrogens with one attached hydrogen (secondary N) is 2. The van der Waals surface area contributed by atoms with Crippen molar-refractivity contribution in [3.05, 3.63) is 64.9 Å². The van der Waals surface area contributed by atoms with Gasteiger partial charge in [0.1, 0.15) is 16.2 Å². The minimum atomic E-state index is -3.88. The molecule has 0 radical (unpaired) electrons. The lowest BCUT2D eigenvalue weighted by molar-refractivity contribution is 0.461. The molecular weight excluding hydrogens is 508 g/mol. The summed E-state index contributed by atoms with van der Waals surface area (Å²) >= 11 is 6.08. The number of rotatable bonds is 7. The molecule has 8 nitrogen and oxygen atoms in total. The average Bonchev–Trinajstić information content (AvgIpc) is 2.89. The zero-order valence-corrected chi connectivity index (χ0v) is 22.4. The van der Waals surface area contributed by atoms with Crippen LogP contribution in [0.5, 0.6) is 0 Å². The van der Waals surface area contributed by atoms with Crippen LogP contribution in [0.1, 0.15) is 50.3 Å². The molecular formula is C27H29ClN6O2S. The molecule has 192 valence electrons. The Morgan fingerprint density at radius 3 is 2.54 bits per heavy atom. The topological polar surface area (TPSA) is 110 Å². The molecule has 37 heavy (non-hydrogen) atoms. The van der Waals surface area contributed by atoms with E-state index in [0.717, 1.165) is 41.6 Å². The van der Waals surface area contributed by atoms with Crippen molar-refractivity contribution < 1.29 is 8.42 Å². The molecule has 0 spiro atoms. The summed E-state index contributed by atoms with van der Waals surface area (Å²) in [4.78, 5) is 18.6. The second-order valence-electron chi connectivity index (χ2n) is 9.29. The van der Waals surface area contributed by atoms with Crippen molar-refractivity contribution in [2.45, 2.75) is 63.3 Å². The lowest BCUT2D eigenvalue weighted by Crippen LogP contribution is -2.23. The monoisotopic (exact) mass is 536 g/mol. The number of fused-ring (bicyclic) bond motifs is 1. The van der Waals surface area contributed by atoms with E-state index < -0.39 is 10.0 Å². The van der Waals surface area contributed by atoms with Gasteiger partial charge in [-0.15, -0.1) is 0 Å². The van der Waals surface area contributed by atoms with Crippen molar-refractivity contribution in [1.29, 1.82) is 0 Å². The van der Waals surface area contributed by atoms with Crippen molar-refractivity contribution >= 4 is 44.4 Å². The number of anilines is 2. The van der Waals surface area contributed by atoms with Gasteiger partial charge in [0.15, 0.2) is 0 Å². The number of aromatic nitrogens is 4. The molecule has 1 aliphatic carbocycles. The highest BCUT2D eigenvalue weighted by Crippen LogP contribution is 2.29. The molecule has 1 aromatic carbocycles. The fourth-order valence-corrected chi connectivity index (χ4v) is 6.26. The van der Waals surface area contributed by atoms with Gasteiger partial charge in [-0.2, -0.15) is 0 Å². The summed E-state index contributed by atoms with van der Waals surface area (Å²) in [5, 5.41) is 3.64. The van der Waals surface area contributed by atoms with Gasteiger partial charge in [-0.3, -0.25) is 4.72 Å². The Morgan fingerprint density at radius 2 is 1.81 bits per heavy atom. The Balaban J connectivity index is 1.43. The van der Waals surface area contributed by atoms with Gasteiger partial charge >= 0.3 is 0 Å². The van der Waals surface area contributed by atoms with E-state index in [-0.39, 0.29) is 15.7 Å². The molecule has 0 unspecified atom stereocenters. The normalized spacial score (nSPS) is 14.6. The fourth-order valence-electron chi connectivity index (χ4n) is 4.74. The lowest BCUT2D eigenvalue weighted by atomic mass is 9.96. The first-order valence-electron chi connectivity index (χ1n) is 12.5. The van der Waals surface area contributed by atoms with Crippen molar-refractivity contribution in [1.82, 2.24) is 19.9 Å². The summed E-state index contributed by atoms with van der Waals surface area (Å²) in [6.07, 6.45) is 8.63. The standard InChI is InChI=1S/C27H29ClN6O2S/c1-3-18-15-22(32-23-16-29-27(33-26(18)23)31-19-9-5-4-6-10-19)20-13-14-25(30-17(20)2)34-37(35,36)24-12-8-7-11-21(24)28/h7-8,11-16,19H,3-6,9-10H2,1-2H3,(H,30,34)(H,29,31,33). The van der Waals surface area contributed by atoms with E-state index in [1.54, 1.807) is 24.4 Å². The van der Waals surface area contributed by atoms with Crippen LogP contribution in [0.4, 0.5) is 11.8 Å². The van der Waals surface area contributed by atoms with E-state index in [9.17, 15) is 8.42 Å². The Morgan fingerprint density at radius 1 is 1.03 bits per heavy atom. The van der Waals surface area contributed by atoms with Crippen molar-refractivity contribution in [2.24, 2.45) is 0 Å². The molecule has 10 heteroatoms. The smallest absolute Gasteiger partial charge is 0.264 e. The Bertz CT molecular complexity index is 1550. The predicted octanol–water partition coefficient (Wildman–Crippen LogP) is 6.16. The highest BCUT2D eigenvalue weighted by molar-refractivity contribution is 7.92. The quantitative estimate of drug-likeness (QED) is 0.291. The third-order valence-electron chi connectivity index (χ3n) is 6.67. The highest BCUT2D eigenvalue weighted by atomic mass is 35.5. The van der Waals surface area contributed by atoms with Gasteiger partial charge in [0.05, 0.1) is 22.4 Å². The number of sulfonamides is 1. The number of benzene rings is 1.